The van der Waals surface area contributed by atoms with E-state index in [9.17, 15) is 14.4 Å². The Hall–Kier alpha value is -2.55. The van der Waals surface area contributed by atoms with Crippen molar-refractivity contribution < 1.29 is 19.1 Å². The fourth-order valence-electron chi connectivity index (χ4n) is 1.99. The molecule has 2 radical (unpaired) electrons. The molecule has 0 saturated heterocycles. The molecule has 0 aliphatic rings. The predicted octanol–water partition coefficient (Wildman–Crippen LogP) is 0.467. The number of hydrogen-bond donors (Lipinski definition) is 4. The Morgan fingerprint density at radius 2 is 1.92 bits per heavy atom. The van der Waals surface area contributed by atoms with Gasteiger partial charge in [0.2, 0.25) is 19.6 Å². The first-order chi connectivity index (χ1) is 11.4. The summed E-state index contributed by atoms with van der Waals surface area (Å²) in [7, 11) is 6.59. The van der Waals surface area contributed by atoms with Crippen molar-refractivity contribution in [2.45, 2.75) is 25.5 Å². The maximum atomic E-state index is 12.2. The van der Waals surface area contributed by atoms with E-state index in [1.165, 1.54) is 0 Å². The summed E-state index contributed by atoms with van der Waals surface area (Å²) in [4.78, 5) is 33.3. The summed E-state index contributed by atoms with van der Waals surface area (Å²) in [5, 5.41) is 8.19. The quantitative estimate of drug-likeness (QED) is 0.387. The van der Waals surface area contributed by atoms with Crippen LogP contribution in [-0.2, 0) is 16.1 Å². The summed E-state index contributed by atoms with van der Waals surface area (Å²) in [6, 6.07) is 5.89. The number of benzene rings is 1. The average molecular weight is 332 g/mol. The molecule has 24 heavy (non-hydrogen) atoms. The van der Waals surface area contributed by atoms with E-state index >= 15 is 0 Å². The van der Waals surface area contributed by atoms with Gasteiger partial charge in [0, 0.05) is 12.2 Å². The van der Waals surface area contributed by atoms with Crippen LogP contribution < -0.4 is 21.7 Å². The molecule has 0 spiro atoms. The van der Waals surface area contributed by atoms with Crippen molar-refractivity contribution in [1.82, 2.24) is 10.6 Å². The third-order valence-corrected chi connectivity index (χ3v) is 3.24. The van der Waals surface area contributed by atoms with Crippen molar-refractivity contribution in [3.63, 3.8) is 0 Å². The monoisotopic (exact) mass is 332 g/mol. The van der Waals surface area contributed by atoms with Gasteiger partial charge in [-0.25, -0.2) is 4.79 Å². The molecule has 1 atom stereocenters. The van der Waals surface area contributed by atoms with Gasteiger partial charge < -0.3 is 26.4 Å². The van der Waals surface area contributed by atoms with Crippen LogP contribution in [-0.4, -0.2) is 45.3 Å². The third kappa shape index (κ3) is 7.64. The van der Waals surface area contributed by atoms with Crippen LogP contribution in [0.25, 0.3) is 0 Å². The van der Waals surface area contributed by atoms with Crippen molar-refractivity contribution in [2.75, 3.05) is 18.9 Å². The molecular formula is C15H21BN4O4. The molecule has 3 amide bonds. The number of likely N-dealkylation sites (N-methyl/N-ethyl adjacent to an activating group) is 1. The molecule has 1 aromatic carbocycles. The van der Waals surface area contributed by atoms with Crippen molar-refractivity contribution >= 4 is 31.3 Å². The van der Waals surface area contributed by atoms with Gasteiger partial charge in [-0.05, 0) is 37.6 Å². The smallest absolute Gasteiger partial charge is 0.312 e. The molecule has 0 bridgehead atoms. The van der Waals surface area contributed by atoms with Crippen LogP contribution in [0.2, 0.25) is 0 Å². The minimum absolute atomic E-state index is 0.0789. The number of ether oxygens (including phenoxy) is 1. The highest BCUT2D eigenvalue weighted by Gasteiger charge is 2.16. The SMILES string of the molecule is [B]C(=O)OCc1ccc(NC(=O)C(CCCNC(N)=O)NC)cc1. The number of carbonyl (C=O) groups excluding carboxylic acids is 3. The zero-order chi connectivity index (χ0) is 17.9. The number of rotatable bonds is 9. The van der Waals surface area contributed by atoms with Gasteiger partial charge in [-0.15, -0.1) is 0 Å². The number of urea groups is 1. The van der Waals surface area contributed by atoms with Gasteiger partial charge >= 0.3 is 6.03 Å². The summed E-state index contributed by atoms with van der Waals surface area (Å²) in [6.07, 6.45) is 1.17. The van der Waals surface area contributed by atoms with Crippen LogP contribution in [0, 0.1) is 0 Å². The first kappa shape index (κ1) is 19.5. The molecule has 0 heterocycles. The highest BCUT2D eigenvalue weighted by molar-refractivity contribution is 6.55. The summed E-state index contributed by atoms with van der Waals surface area (Å²) >= 11 is 0. The second-order valence-electron chi connectivity index (χ2n) is 5.07. The molecular weight excluding hydrogens is 311 g/mol. The topological polar surface area (TPSA) is 123 Å². The van der Waals surface area contributed by atoms with E-state index in [1.807, 2.05) is 0 Å². The zero-order valence-corrected chi connectivity index (χ0v) is 13.5. The molecule has 1 unspecified atom stereocenters. The Morgan fingerprint density at radius 3 is 2.46 bits per heavy atom. The number of primary amides is 1. The van der Waals surface area contributed by atoms with E-state index in [2.05, 4.69) is 20.7 Å². The summed E-state index contributed by atoms with van der Waals surface area (Å²) < 4.78 is 4.68. The summed E-state index contributed by atoms with van der Waals surface area (Å²) in [5.41, 5.74) is 6.36. The van der Waals surface area contributed by atoms with Gasteiger partial charge in [0.1, 0.15) is 6.61 Å². The summed E-state index contributed by atoms with van der Waals surface area (Å²) in [5.74, 6) is -1.02. The van der Waals surface area contributed by atoms with E-state index in [0.717, 1.165) is 5.56 Å². The van der Waals surface area contributed by atoms with E-state index in [-0.39, 0.29) is 12.5 Å². The Labute approximate surface area is 141 Å². The lowest BCUT2D eigenvalue weighted by atomic mass is 10.1. The van der Waals surface area contributed by atoms with Crippen molar-refractivity contribution in [1.29, 1.82) is 0 Å². The van der Waals surface area contributed by atoms with Gasteiger partial charge in [0.15, 0.2) is 0 Å². The zero-order valence-electron chi connectivity index (χ0n) is 13.5. The van der Waals surface area contributed by atoms with E-state index in [4.69, 9.17) is 13.6 Å². The fraction of sp³-hybridized carbons (Fsp3) is 0.400. The van der Waals surface area contributed by atoms with E-state index in [1.54, 1.807) is 31.3 Å². The molecule has 0 saturated carbocycles. The predicted molar refractivity (Wildman–Crippen MR) is 90.7 cm³/mol. The lowest BCUT2D eigenvalue weighted by Gasteiger charge is -2.16. The van der Waals surface area contributed by atoms with Crippen molar-refractivity contribution in [2.24, 2.45) is 5.73 Å². The standard InChI is InChI=1S/C15H21BN4O4/c1-18-12(3-2-8-19-15(17)23)13(21)20-11-6-4-10(5-7-11)9-24-14(16)22/h4-7,12,18H,2-3,8-9H2,1H3,(H,20,21)(H3,17,19,23). The number of nitrogens with two attached hydrogens (primary N) is 1. The van der Waals surface area contributed by atoms with Crippen LogP contribution in [0.3, 0.4) is 0 Å². The van der Waals surface area contributed by atoms with Gasteiger partial charge in [0.25, 0.3) is 0 Å². The highest BCUT2D eigenvalue weighted by atomic mass is 16.5. The number of hydrogen-bond acceptors (Lipinski definition) is 5. The Balaban J connectivity index is 2.46. The first-order valence-electron chi connectivity index (χ1n) is 7.45. The van der Waals surface area contributed by atoms with Gasteiger partial charge in [-0.3, -0.25) is 9.59 Å². The number of amides is 3. The minimum atomic E-state index is -0.838. The molecule has 0 aliphatic heterocycles. The van der Waals surface area contributed by atoms with Crippen LogP contribution in [0.15, 0.2) is 24.3 Å². The Bertz CT molecular complexity index is 565. The van der Waals surface area contributed by atoms with Crippen LogP contribution in [0.4, 0.5) is 15.3 Å². The fourth-order valence-corrected chi connectivity index (χ4v) is 1.99. The van der Waals surface area contributed by atoms with Crippen molar-refractivity contribution in [3.05, 3.63) is 29.8 Å². The lowest BCUT2D eigenvalue weighted by Crippen LogP contribution is -2.39. The van der Waals surface area contributed by atoms with Crippen LogP contribution >= 0.6 is 0 Å². The maximum Gasteiger partial charge on any atom is 0.312 e. The number of nitrogens with one attached hydrogen (secondary N) is 3. The van der Waals surface area contributed by atoms with Crippen LogP contribution in [0.1, 0.15) is 18.4 Å². The molecule has 0 aromatic heterocycles. The highest BCUT2D eigenvalue weighted by Crippen LogP contribution is 2.11. The third-order valence-electron chi connectivity index (χ3n) is 3.24. The second kappa shape index (κ2) is 10.3. The normalized spacial score (nSPS) is 11.4. The molecule has 128 valence electrons. The molecule has 5 N–H and O–H groups in total. The molecule has 8 nitrogen and oxygen atoms in total. The Kier molecular flexibility index (Phi) is 8.35. The average Bonchev–Trinajstić information content (AvgIpc) is 2.53. The van der Waals surface area contributed by atoms with Gasteiger partial charge in [0.05, 0.1) is 6.04 Å². The van der Waals surface area contributed by atoms with Gasteiger partial charge in [-0.1, -0.05) is 12.1 Å². The van der Waals surface area contributed by atoms with E-state index in [0.29, 0.717) is 25.1 Å². The minimum Gasteiger partial charge on any atom is -0.470 e. The summed E-state index contributed by atoms with van der Waals surface area (Å²) in [6.45, 7) is 0.491. The number of carbonyl (C=O) groups is 3. The van der Waals surface area contributed by atoms with Crippen molar-refractivity contribution in [3.8, 4) is 0 Å². The maximum absolute atomic E-state index is 12.2. The first-order valence-corrected chi connectivity index (χ1v) is 7.45. The van der Waals surface area contributed by atoms with E-state index < -0.39 is 17.9 Å². The second-order valence-corrected chi connectivity index (χ2v) is 5.07. The molecule has 1 rings (SSSR count). The molecule has 1 aromatic rings. The van der Waals surface area contributed by atoms with Gasteiger partial charge in [-0.2, -0.15) is 0 Å². The molecule has 0 fully saturated rings. The lowest BCUT2D eigenvalue weighted by molar-refractivity contribution is -0.118. The number of anilines is 1. The molecule has 0 aliphatic carbocycles. The Morgan fingerprint density at radius 1 is 1.25 bits per heavy atom. The molecule has 9 heteroatoms. The van der Waals surface area contributed by atoms with Crippen LogP contribution in [0.5, 0.6) is 0 Å². The largest absolute Gasteiger partial charge is 0.470 e.